The monoisotopic (exact) mass is 357 g/mol. The summed E-state index contributed by atoms with van der Waals surface area (Å²) in [4.78, 5) is 12.0. The SMILES string of the molecule is O=C(NCc1cccn1Cc1cccc(F)c1)Nc1ccccc1Cl. The van der Waals surface area contributed by atoms with Gasteiger partial charge in [-0.25, -0.2) is 9.18 Å². The van der Waals surface area contributed by atoms with Crippen LogP contribution < -0.4 is 10.6 Å². The lowest BCUT2D eigenvalue weighted by Gasteiger charge is -2.12. The molecule has 128 valence electrons. The first-order chi connectivity index (χ1) is 12.1. The van der Waals surface area contributed by atoms with E-state index in [-0.39, 0.29) is 11.8 Å². The van der Waals surface area contributed by atoms with Crippen LogP contribution in [0.4, 0.5) is 14.9 Å². The van der Waals surface area contributed by atoms with Crippen LogP contribution in [0.1, 0.15) is 11.3 Å². The number of benzene rings is 2. The van der Waals surface area contributed by atoms with Gasteiger partial charge in [0.25, 0.3) is 0 Å². The van der Waals surface area contributed by atoms with Gasteiger partial charge in [-0.15, -0.1) is 0 Å². The highest BCUT2D eigenvalue weighted by atomic mass is 35.5. The Morgan fingerprint density at radius 2 is 1.92 bits per heavy atom. The summed E-state index contributed by atoms with van der Waals surface area (Å²) in [6.07, 6.45) is 1.90. The summed E-state index contributed by atoms with van der Waals surface area (Å²) in [5.41, 5.74) is 2.33. The molecule has 1 aromatic heterocycles. The summed E-state index contributed by atoms with van der Waals surface area (Å²) >= 11 is 6.02. The fraction of sp³-hybridized carbons (Fsp3) is 0.105. The lowest BCUT2D eigenvalue weighted by Crippen LogP contribution is -2.29. The van der Waals surface area contributed by atoms with E-state index in [0.717, 1.165) is 11.3 Å². The first kappa shape index (κ1) is 17.0. The van der Waals surface area contributed by atoms with Crippen LogP contribution in [0.2, 0.25) is 5.02 Å². The van der Waals surface area contributed by atoms with Gasteiger partial charge >= 0.3 is 6.03 Å². The third kappa shape index (κ3) is 4.61. The summed E-state index contributed by atoms with van der Waals surface area (Å²) in [5.74, 6) is -0.261. The molecule has 3 aromatic rings. The second-order valence-corrected chi connectivity index (χ2v) is 5.95. The molecule has 0 aliphatic heterocycles. The molecule has 0 aliphatic rings. The molecule has 0 bridgehead atoms. The van der Waals surface area contributed by atoms with Gasteiger partial charge in [0, 0.05) is 18.4 Å². The van der Waals surface area contributed by atoms with Crippen molar-refractivity contribution < 1.29 is 9.18 Å². The molecule has 1 heterocycles. The molecule has 2 N–H and O–H groups in total. The van der Waals surface area contributed by atoms with E-state index in [2.05, 4.69) is 10.6 Å². The number of hydrogen-bond acceptors (Lipinski definition) is 1. The largest absolute Gasteiger partial charge is 0.345 e. The van der Waals surface area contributed by atoms with Gasteiger partial charge in [-0.1, -0.05) is 35.9 Å². The Balaban J connectivity index is 1.60. The number of halogens is 2. The highest BCUT2D eigenvalue weighted by Gasteiger charge is 2.07. The van der Waals surface area contributed by atoms with E-state index in [1.54, 1.807) is 30.3 Å². The van der Waals surface area contributed by atoms with Gasteiger partial charge in [0.1, 0.15) is 5.82 Å². The minimum absolute atomic E-state index is 0.261. The average molecular weight is 358 g/mol. The summed E-state index contributed by atoms with van der Waals surface area (Å²) in [7, 11) is 0. The summed E-state index contributed by atoms with van der Waals surface area (Å²) in [6, 6.07) is 17.0. The number of para-hydroxylation sites is 1. The molecule has 0 fully saturated rings. The van der Waals surface area contributed by atoms with Crippen molar-refractivity contribution in [2.45, 2.75) is 13.1 Å². The van der Waals surface area contributed by atoms with Gasteiger partial charge < -0.3 is 15.2 Å². The van der Waals surface area contributed by atoms with E-state index in [1.807, 2.05) is 29.0 Å². The number of nitrogens with one attached hydrogen (secondary N) is 2. The zero-order chi connectivity index (χ0) is 17.6. The fourth-order valence-corrected chi connectivity index (χ4v) is 2.68. The maximum atomic E-state index is 13.3. The minimum Gasteiger partial charge on any atom is -0.345 e. The van der Waals surface area contributed by atoms with Gasteiger partial charge in [-0.05, 0) is 42.0 Å². The molecular formula is C19H17ClFN3O. The second kappa shape index (κ2) is 7.85. The van der Waals surface area contributed by atoms with E-state index in [0.29, 0.717) is 23.8 Å². The van der Waals surface area contributed by atoms with Crippen molar-refractivity contribution in [3.8, 4) is 0 Å². The molecule has 25 heavy (non-hydrogen) atoms. The molecule has 3 rings (SSSR count). The summed E-state index contributed by atoms with van der Waals surface area (Å²) in [5, 5.41) is 5.98. The predicted molar refractivity (Wildman–Crippen MR) is 97.2 cm³/mol. The molecule has 0 unspecified atom stereocenters. The van der Waals surface area contributed by atoms with Gasteiger partial charge in [-0.3, -0.25) is 0 Å². The van der Waals surface area contributed by atoms with E-state index in [9.17, 15) is 9.18 Å². The van der Waals surface area contributed by atoms with Gasteiger partial charge in [0.2, 0.25) is 0 Å². The Morgan fingerprint density at radius 3 is 2.72 bits per heavy atom. The van der Waals surface area contributed by atoms with E-state index >= 15 is 0 Å². The highest BCUT2D eigenvalue weighted by molar-refractivity contribution is 6.33. The van der Waals surface area contributed by atoms with Gasteiger partial charge in [0.15, 0.2) is 0 Å². The first-order valence-corrected chi connectivity index (χ1v) is 8.17. The Hall–Kier alpha value is -2.79. The normalized spacial score (nSPS) is 10.5. The summed E-state index contributed by atoms with van der Waals surface area (Å²) < 4.78 is 15.3. The van der Waals surface area contributed by atoms with Gasteiger partial charge in [-0.2, -0.15) is 0 Å². The average Bonchev–Trinajstić information content (AvgIpc) is 3.02. The molecule has 0 saturated carbocycles. The number of aromatic nitrogens is 1. The minimum atomic E-state index is -0.341. The molecule has 0 aliphatic carbocycles. The summed E-state index contributed by atoms with van der Waals surface area (Å²) in [6.45, 7) is 0.881. The molecular weight excluding hydrogens is 341 g/mol. The van der Waals surface area contributed by atoms with E-state index in [1.165, 1.54) is 12.1 Å². The topological polar surface area (TPSA) is 46.1 Å². The number of rotatable bonds is 5. The standard InChI is InChI=1S/C19H17ClFN3O/c20-17-8-1-2-9-18(17)23-19(25)22-12-16-7-4-10-24(16)13-14-5-3-6-15(21)11-14/h1-11H,12-13H2,(H2,22,23,25). The Morgan fingerprint density at radius 1 is 1.08 bits per heavy atom. The maximum absolute atomic E-state index is 13.3. The van der Waals surface area contributed by atoms with Crippen LogP contribution in [0, 0.1) is 5.82 Å². The Labute approximate surface area is 150 Å². The van der Waals surface area contributed by atoms with Crippen LogP contribution in [0.15, 0.2) is 66.9 Å². The maximum Gasteiger partial charge on any atom is 0.319 e. The van der Waals surface area contributed by atoms with Crippen LogP contribution in [-0.4, -0.2) is 10.6 Å². The van der Waals surface area contributed by atoms with Gasteiger partial charge in [0.05, 0.1) is 17.3 Å². The van der Waals surface area contributed by atoms with E-state index < -0.39 is 0 Å². The van der Waals surface area contributed by atoms with Crippen LogP contribution in [-0.2, 0) is 13.1 Å². The van der Waals surface area contributed by atoms with Crippen molar-refractivity contribution in [2.75, 3.05) is 5.32 Å². The number of hydrogen-bond donors (Lipinski definition) is 2. The predicted octanol–water partition coefficient (Wildman–Crippen LogP) is 4.65. The Kier molecular flexibility index (Phi) is 5.36. The third-order valence-corrected chi connectivity index (χ3v) is 4.05. The van der Waals surface area contributed by atoms with Crippen LogP contribution >= 0.6 is 11.6 Å². The van der Waals surface area contributed by atoms with Crippen LogP contribution in [0.5, 0.6) is 0 Å². The molecule has 0 saturated heterocycles. The molecule has 4 nitrogen and oxygen atoms in total. The number of carbonyl (C=O) groups is 1. The van der Waals surface area contributed by atoms with Crippen molar-refractivity contribution in [1.29, 1.82) is 0 Å². The Bertz CT molecular complexity index is 878. The first-order valence-electron chi connectivity index (χ1n) is 7.79. The fourth-order valence-electron chi connectivity index (χ4n) is 2.50. The molecule has 0 atom stereocenters. The van der Waals surface area contributed by atoms with Crippen molar-refractivity contribution >= 4 is 23.3 Å². The lowest BCUT2D eigenvalue weighted by atomic mass is 10.2. The van der Waals surface area contributed by atoms with Crippen molar-refractivity contribution in [2.24, 2.45) is 0 Å². The molecule has 6 heteroatoms. The molecule has 2 amide bonds. The smallest absolute Gasteiger partial charge is 0.319 e. The zero-order valence-corrected chi connectivity index (χ0v) is 14.1. The quantitative estimate of drug-likeness (QED) is 0.686. The molecule has 0 spiro atoms. The van der Waals surface area contributed by atoms with E-state index in [4.69, 9.17) is 11.6 Å². The second-order valence-electron chi connectivity index (χ2n) is 5.54. The van der Waals surface area contributed by atoms with Crippen molar-refractivity contribution in [1.82, 2.24) is 9.88 Å². The lowest BCUT2D eigenvalue weighted by molar-refractivity contribution is 0.251. The van der Waals surface area contributed by atoms with Crippen molar-refractivity contribution in [3.05, 3.63) is 89.0 Å². The molecule has 2 aromatic carbocycles. The number of urea groups is 1. The number of anilines is 1. The third-order valence-electron chi connectivity index (χ3n) is 3.72. The molecule has 0 radical (unpaired) electrons. The number of nitrogens with zero attached hydrogens (tertiary/aromatic N) is 1. The van der Waals surface area contributed by atoms with Crippen molar-refractivity contribution in [3.63, 3.8) is 0 Å². The highest BCUT2D eigenvalue weighted by Crippen LogP contribution is 2.20. The number of amides is 2. The van der Waals surface area contributed by atoms with Crippen LogP contribution in [0.3, 0.4) is 0 Å². The van der Waals surface area contributed by atoms with Crippen LogP contribution in [0.25, 0.3) is 0 Å². The zero-order valence-electron chi connectivity index (χ0n) is 13.4. The number of carbonyl (C=O) groups excluding carboxylic acids is 1.